The molecule has 1 aliphatic rings. The molecule has 1 aromatic rings. The fraction of sp³-hybridized carbons (Fsp3) is 0.353. The average Bonchev–Trinajstić information content (AvgIpc) is 2.60. The van der Waals surface area contributed by atoms with Gasteiger partial charge in [0.15, 0.2) is 6.10 Å². The lowest BCUT2D eigenvalue weighted by atomic mass is 10.1. The Hall–Kier alpha value is -2.71. The van der Waals surface area contributed by atoms with Crippen LogP contribution in [-0.2, 0) is 14.4 Å². The number of hydrogen-bond donors (Lipinski definition) is 3. The first-order chi connectivity index (χ1) is 11.8. The minimum absolute atomic E-state index is 0.190. The molecule has 0 bridgehead atoms. The van der Waals surface area contributed by atoms with Crippen molar-refractivity contribution in [3.8, 4) is 0 Å². The van der Waals surface area contributed by atoms with E-state index in [1.165, 1.54) is 0 Å². The van der Waals surface area contributed by atoms with E-state index in [-0.39, 0.29) is 5.91 Å². The van der Waals surface area contributed by atoms with E-state index >= 15 is 0 Å². The summed E-state index contributed by atoms with van der Waals surface area (Å²) in [5, 5.41) is 25.6. The van der Waals surface area contributed by atoms with Gasteiger partial charge in [0, 0.05) is 38.3 Å². The number of carbonyl (C=O) groups excluding carboxylic acids is 1. The molecule has 25 heavy (non-hydrogen) atoms. The first kappa shape index (κ1) is 20.3. The quantitative estimate of drug-likeness (QED) is 0.664. The molecule has 0 saturated carbocycles. The van der Waals surface area contributed by atoms with Crippen molar-refractivity contribution in [3.05, 3.63) is 48.0 Å². The number of aliphatic hydroxyl groups excluding tert-OH is 1. The van der Waals surface area contributed by atoms with E-state index in [1.54, 1.807) is 17.0 Å². The lowest BCUT2D eigenvalue weighted by Gasteiger charge is -2.33. The maximum Gasteiger partial charge on any atom is 0.328 e. The second-order valence-electron chi connectivity index (χ2n) is 5.45. The maximum atomic E-state index is 12.1. The van der Waals surface area contributed by atoms with Crippen LogP contribution >= 0.6 is 0 Å². The predicted octanol–water partition coefficient (Wildman–Crippen LogP) is 0.206. The fourth-order valence-corrected chi connectivity index (χ4v) is 2.12. The van der Waals surface area contributed by atoms with Gasteiger partial charge < -0.3 is 25.1 Å². The Morgan fingerprint density at radius 1 is 0.960 bits per heavy atom. The third kappa shape index (κ3) is 7.60. The van der Waals surface area contributed by atoms with Crippen molar-refractivity contribution >= 4 is 17.8 Å². The highest BCUT2D eigenvalue weighted by atomic mass is 16.4. The zero-order chi connectivity index (χ0) is 18.8. The molecule has 1 unspecified atom stereocenters. The third-order valence-electron chi connectivity index (χ3n) is 3.53. The summed E-state index contributed by atoms with van der Waals surface area (Å²) in [6, 6.07) is 9.08. The zero-order valence-corrected chi connectivity index (χ0v) is 13.9. The summed E-state index contributed by atoms with van der Waals surface area (Å²) in [5.41, 5.74) is 0.663. The van der Waals surface area contributed by atoms with Gasteiger partial charge in [-0.25, -0.2) is 9.59 Å². The first-order valence-electron chi connectivity index (χ1n) is 7.65. The molecule has 1 aromatic carbocycles. The Labute approximate surface area is 145 Å². The summed E-state index contributed by atoms with van der Waals surface area (Å²) in [5.74, 6) is -2.70. The first-order valence-corrected chi connectivity index (χ1v) is 7.65. The van der Waals surface area contributed by atoms with Crippen LogP contribution in [0.5, 0.6) is 0 Å². The molecule has 1 saturated heterocycles. The van der Waals surface area contributed by atoms with Gasteiger partial charge in [0.1, 0.15) is 0 Å². The number of carboxylic acid groups (broad SMARTS) is 2. The van der Waals surface area contributed by atoms with Crippen molar-refractivity contribution in [2.75, 3.05) is 33.2 Å². The van der Waals surface area contributed by atoms with Crippen LogP contribution in [0, 0.1) is 0 Å². The normalized spacial score (nSPS) is 16.0. The van der Waals surface area contributed by atoms with Gasteiger partial charge in [0.05, 0.1) is 0 Å². The van der Waals surface area contributed by atoms with Crippen LogP contribution in [0.25, 0.3) is 0 Å². The molecule has 8 heteroatoms. The zero-order valence-electron chi connectivity index (χ0n) is 13.9. The molecule has 3 N–H and O–H groups in total. The summed E-state index contributed by atoms with van der Waals surface area (Å²) in [6.07, 6.45) is 0.0876. The molecule has 0 aromatic heterocycles. The Morgan fingerprint density at radius 2 is 1.44 bits per heavy atom. The summed E-state index contributed by atoms with van der Waals surface area (Å²) in [4.78, 5) is 35.1. The molecular formula is C17H22N2O6. The number of benzene rings is 1. The van der Waals surface area contributed by atoms with Gasteiger partial charge in [0.2, 0.25) is 0 Å². The number of rotatable bonds is 4. The number of nitrogens with zero attached hydrogens (tertiary/aromatic N) is 2. The number of carboxylic acids is 2. The van der Waals surface area contributed by atoms with E-state index in [4.69, 9.17) is 10.2 Å². The van der Waals surface area contributed by atoms with Crippen LogP contribution < -0.4 is 0 Å². The second-order valence-corrected chi connectivity index (χ2v) is 5.45. The van der Waals surface area contributed by atoms with Gasteiger partial charge in [0.25, 0.3) is 5.91 Å². The standard InChI is InChI=1S/C13H18N2O2.C4H4O4/c1-14-7-9-15(10-8-14)13(17)12(16)11-5-3-2-4-6-11;5-3(6)1-2-4(7)8/h2-6,12,16H,7-10H2,1H3;1-2H,(H,5,6)(H,7,8). The highest BCUT2D eigenvalue weighted by Crippen LogP contribution is 2.16. The number of amides is 1. The van der Waals surface area contributed by atoms with Crippen molar-refractivity contribution in [2.24, 2.45) is 0 Å². The highest BCUT2D eigenvalue weighted by Gasteiger charge is 2.25. The van der Waals surface area contributed by atoms with E-state index in [0.29, 0.717) is 30.8 Å². The van der Waals surface area contributed by atoms with Gasteiger partial charge in [-0.1, -0.05) is 30.3 Å². The molecule has 1 fully saturated rings. The molecule has 2 rings (SSSR count). The summed E-state index contributed by atoms with van der Waals surface area (Å²) < 4.78 is 0. The van der Waals surface area contributed by atoms with Gasteiger partial charge >= 0.3 is 11.9 Å². The number of aliphatic hydroxyl groups is 1. The predicted molar refractivity (Wildman–Crippen MR) is 89.9 cm³/mol. The third-order valence-corrected chi connectivity index (χ3v) is 3.53. The van der Waals surface area contributed by atoms with E-state index in [1.807, 2.05) is 25.2 Å². The van der Waals surface area contributed by atoms with Crippen LogP contribution in [0.3, 0.4) is 0 Å². The monoisotopic (exact) mass is 350 g/mol. The van der Waals surface area contributed by atoms with Crippen molar-refractivity contribution < 1.29 is 29.7 Å². The SMILES string of the molecule is CN1CCN(C(=O)C(O)c2ccccc2)CC1.O=C(O)C=CC(=O)O. The molecule has 0 aliphatic carbocycles. The molecule has 136 valence electrons. The average molecular weight is 350 g/mol. The van der Waals surface area contributed by atoms with Gasteiger partial charge in [-0.15, -0.1) is 0 Å². The van der Waals surface area contributed by atoms with Crippen LogP contribution in [0.2, 0.25) is 0 Å². The molecule has 0 radical (unpaired) electrons. The summed E-state index contributed by atoms with van der Waals surface area (Å²) >= 11 is 0. The largest absolute Gasteiger partial charge is 0.478 e. The summed E-state index contributed by atoms with van der Waals surface area (Å²) in [6.45, 7) is 3.12. The fourth-order valence-electron chi connectivity index (χ4n) is 2.12. The van der Waals surface area contributed by atoms with Crippen LogP contribution in [-0.4, -0.2) is 76.2 Å². The van der Waals surface area contributed by atoms with Gasteiger partial charge in [-0.2, -0.15) is 0 Å². The van der Waals surface area contributed by atoms with Gasteiger partial charge in [-0.05, 0) is 12.6 Å². The second kappa shape index (κ2) is 10.2. The number of carbonyl (C=O) groups is 3. The molecule has 8 nitrogen and oxygen atoms in total. The number of aliphatic carboxylic acids is 2. The Morgan fingerprint density at radius 3 is 1.88 bits per heavy atom. The van der Waals surface area contributed by atoms with Crippen molar-refractivity contribution in [1.82, 2.24) is 9.80 Å². The van der Waals surface area contributed by atoms with Crippen LogP contribution in [0.15, 0.2) is 42.5 Å². The Bertz CT molecular complexity index is 593. The topological polar surface area (TPSA) is 118 Å². The maximum absolute atomic E-state index is 12.1. The minimum Gasteiger partial charge on any atom is -0.478 e. The van der Waals surface area contributed by atoms with Gasteiger partial charge in [-0.3, -0.25) is 4.79 Å². The van der Waals surface area contributed by atoms with E-state index in [2.05, 4.69) is 4.90 Å². The molecule has 1 amide bonds. The van der Waals surface area contributed by atoms with E-state index in [9.17, 15) is 19.5 Å². The number of piperazine rings is 1. The van der Waals surface area contributed by atoms with Crippen molar-refractivity contribution in [1.29, 1.82) is 0 Å². The lowest BCUT2D eigenvalue weighted by molar-refractivity contribution is -0.142. The smallest absolute Gasteiger partial charge is 0.328 e. The number of likely N-dealkylation sites (N-methyl/N-ethyl adjacent to an activating group) is 1. The molecule has 0 spiro atoms. The van der Waals surface area contributed by atoms with Crippen LogP contribution in [0.1, 0.15) is 11.7 Å². The lowest BCUT2D eigenvalue weighted by Crippen LogP contribution is -2.48. The molecular weight excluding hydrogens is 328 g/mol. The Kier molecular flexibility index (Phi) is 8.31. The molecule has 1 aliphatic heterocycles. The van der Waals surface area contributed by atoms with E-state index < -0.39 is 18.0 Å². The van der Waals surface area contributed by atoms with Crippen LogP contribution in [0.4, 0.5) is 0 Å². The summed E-state index contributed by atoms with van der Waals surface area (Å²) in [7, 11) is 2.04. The highest BCUT2D eigenvalue weighted by molar-refractivity contribution is 5.89. The van der Waals surface area contributed by atoms with Crippen molar-refractivity contribution in [2.45, 2.75) is 6.10 Å². The molecule has 1 heterocycles. The minimum atomic E-state index is -1.26. The Balaban J connectivity index is 0.000000333. The van der Waals surface area contributed by atoms with Crippen molar-refractivity contribution in [3.63, 3.8) is 0 Å². The molecule has 1 atom stereocenters. The number of hydrogen-bond acceptors (Lipinski definition) is 5. The van der Waals surface area contributed by atoms with E-state index in [0.717, 1.165) is 13.1 Å².